The monoisotopic (exact) mass is 244 g/mol. The van der Waals surface area contributed by atoms with E-state index in [1.54, 1.807) is 25.1 Å². The smallest absolute Gasteiger partial charge is 0.322 e. The van der Waals surface area contributed by atoms with Crippen LogP contribution in [0.5, 0.6) is 0 Å². The summed E-state index contributed by atoms with van der Waals surface area (Å²) in [5, 5.41) is 11.5. The number of nitrogens with one attached hydrogen (secondary N) is 1. The lowest BCUT2D eigenvalue weighted by atomic mass is 10.2. The summed E-state index contributed by atoms with van der Waals surface area (Å²) in [7, 11) is 5.02. The molecule has 0 aliphatic rings. The number of aromatic nitrogens is 3. The minimum Gasteiger partial charge on any atom is -0.468 e. The van der Waals surface area contributed by atoms with E-state index < -0.39 is 0 Å². The zero-order chi connectivity index (χ0) is 12.0. The number of likely N-dealkylation sites (N-methyl/N-ethyl adjacent to an activating group) is 1. The first-order valence-electron chi connectivity index (χ1n) is 4.91. The molecule has 0 saturated heterocycles. The highest BCUT2D eigenvalue weighted by molar-refractivity contribution is 7.99. The number of ether oxygens (including phenoxy) is 1. The first kappa shape index (κ1) is 13.0. The number of carbonyl (C=O) groups excluding carboxylic acids is 1. The quantitative estimate of drug-likeness (QED) is 0.563. The highest BCUT2D eigenvalue weighted by Crippen LogP contribution is 2.15. The number of hydrogen-bond donors (Lipinski definition) is 1. The number of nitrogens with zero attached hydrogens (tertiary/aromatic N) is 3. The third kappa shape index (κ3) is 3.49. The van der Waals surface area contributed by atoms with Gasteiger partial charge in [-0.25, -0.2) is 0 Å². The van der Waals surface area contributed by atoms with Crippen molar-refractivity contribution >= 4 is 17.7 Å². The molecule has 6 nitrogen and oxygen atoms in total. The van der Waals surface area contributed by atoms with E-state index in [0.717, 1.165) is 10.9 Å². The maximum atomic E-state index is 11.3. The molecule has 1 atom stereocenters. The molecule has 1 aromatic heterocycles. The number of carbonyl (C=O) groups is 1. The Bertz CT molecular complexity index is 342. The van der Waals surface area contributed by atoms with Crippen LogP contribution >= 0.6 is 11.8 Å². The normalized spacial score (nSPS) is 12.4. The van der Waals surface area contributed by atoms with Crippen LogP contribution in [0, 0.1) is 0 Å². The zero-order valence-corrected chi connectivity index (χ0v) is 10.5. The Kier molecular flexibility index (Phi) is 5.27. The zero-order valence-electron chi connectivity index (χ0n) is 9.64. The molecular weight excluding hydrogens is 228 g/mol. The van der Waals surface area contributed by atoms with Gasteiger partial charge in [-0.2, -0.15) is 0 Å². The van der Waals surface area contributed by atoms with Crippen LogP contribution < -0.4 is 5.32 Å². The predicted molar refractivity (Wildman–Crippen MR) is 61.2 cm³/mol. The van der Waals surface area contributed by atoms with Crippen molar-refractivity contribution in [3.05, 3.63) is 6.33 Å². The van der Waals surface area contributed by atoms with Gasteiger partial charge in [0.25, 0.3) is 0 Å². The Morgan fingerprint density at radius 1 is 1.75 bits per heavy atom. The molecule has 1 aromatic rings. The molecular formula is C9H16N4O2S. The second kappa shape index (κ2) is 6.49. The van der Waals surface area contributed by atoms with Crippen LogP contribution in [0.1, 0.15) is 6.42 Å². The van der Waals surface area contributed by atoms with Gasteiger partial charge < -0.3 is 14.6 Å². The third-order valence-corrected chi connectivity index (χ3v) is 3.21. The molecule has 1 rings (SSSR count). The van der Waals surface area contributed by atoms with E-state index in [1.807, 2.05) is 11.6 Å². The molecule has 90 valence electrons. The van der Waals surface area contributed by atoms with Crippen LogP contribution in [0.15, 0.2) is 11.5 Å². The SMILES string of the molecule is CNC(CCSc1nncn1C)C(=O)OC. The minimum absolute atomic E-state index is 0.235. The summed E-state index contributed by atoms with van der Waals surface area (Å²) < 4.78 is 6.52. The van der Waals surface area contributed by atoms with Crippen molar-refractivity contribution in [3.8, 4) is 0 Å². The lowest BCUT2D eigenvalue weighted by Crippen LogP contribution is -2.35. The van der Waals surface area contributed by atoms with Gasteiger partial charge in [-0.15, -0.1) is 10.2 Å². The number of aryl methyl sites for hydroxylation is 1. The van der Waals surface area contributed by atoms with Gasteiger partial charge >= 0.3 is 5.97 Å². The molecule has 1 unspecified atom stereocenters. The summed E-state index contributed by atoms with van der Waals surface area (Å²) in [5.74, 6) is 0.550. The number of hydrogen-bond acceptors (Lipinski definition) is 6. The van der Waals surface area contributed by atoms with Crippen LogP contribution in [0.25, 0.3) is 0 Å². The average molecular weight is 244 g/mol. The lowest BCUT2D eigenvalue weighted by molar-refractivity contribution is -0.143. The van der Waals surface area contributed by atoms with E-state index in [2.05, 4.69) is 20.3 Å². The molecule has 0 fully saturated rings. The van der Waals surface area contributed by atoms with Crippen LogP contribution in [0.4, 0.5) is 0 Å². The summed E-state index contributed by atoms with van der Waals surface area (Å²) >= 11 is 1.57. The molecule has 1 heterocycles. The first-order chi connectivity index (χ1) is 7.69. The average Bonchev–Trinajstić information content (AvgIpc) is 2.69. The van der Waals surface area contributed by atoms with Gasteiger partial charge in [0.2, 0.25) is 0 Å². The lowest BCUT2D eigenvalue weighted by Gasteiger charge is -2.12. The van der Waals surface area contributed by atoms with Crippen molar-refractivity contribution in [3.63, 3.8) is 0 Å². The Labute approximate surface area is 98.8 Å². The first-order valence-corrected chi connectivity index (χ1v) is 5.89. The summed E-state index contributed by atoms with van der Waals surface area (Å²) in [5.41, 5.74) is 0. The van der Waals surface area contributed by atoms with Crippen LogP contribution in [0.3, 0.4) is 0 Å². The number of rotatable bonds is 6. The Morgan fingerprint density at radius 2 is 2.50 bits per heavy atom. The maximum Gasteiger partial charge on any atom is 0.322 e. The molecule has 0 bridgehead atoms. The minimum atomic E-state index is -0.259. The van der Waals surface area contributed by atoms with Gasteiger partial charge in [0.1, 0.15) is 12.4 Å². The van der Waals surface area contributed by atoms with Gasteiger partial charge in [0, 0.05) is 12.8 Å². The molecule has 0 aromatic carbocycles. The highest BCUT2D eigenvalue weighted by atomic mass is 32.2. The molecule has 0 spiro atoms. The largest absolute Gasteiger partial charge is 0.468 e. The molecule has 0 amide bonds. The van der Waals surface area contributed by atoms with Crippen LogP contribution in [0.2, 0.25) is 0 Å². The molecule has 16 heavy (non-hydrogen) atoms. The fourth-order valence-electron chi connectivity index (χ4n) is 1.19. The fourth-order valence-corrected chi connectivity index (χ4v) is 2.09. The van der Waals surface area contributed by atoms with Crippen molar-refractivity contribution in [2.45, 2.75) is 17.6 Å². The van der Waals surface area contributed by atoms with Crippen LogP contribution in [-0.4, -0.2) is 46.7 Å². The van der Waals surface area contributed by atoms with Crippen molar-refractivity contribution in [1.82, 2.24) is 20.1 Å². The van der Waals surface area contributed by atoms with Gasteiger partial charge in [0.15, 0.2) is 5.16 Å². The van der Waals surface area contributed by atoms with E-state index in [0.29, 0.717) is 6.42 Å². The predicted octanol–water partition coefficient (Wildman–Crippen LogP) is 0.0583. The highest BCUT2D eigenvalue weighted by Gasteiger charge is 2.16. The Hall–Kier alpha value is -1.08. The van der Waals surface area contributed by atoms with Gasteiger partial charge in [-0.05, 0) is 13.5 Å². The maximum absolute atomic E-state index is 11.3. The Morgan fingerprint density at radius 3 is 3.00 bits per heavy atom. The second-order valence-electron chi connectivity index (χ2n) is 3.23. The van der Waals surface area contributed by atoms with Crippen molar-refractivity contribution < 1.29 is 9.53 Å². The van der Waals surface area contributed by atoms with Gasteiger partial charge in [-0.3, -0.25) is 4.79 Å². The van der Waals surface area contributed by atoms with E-state index >= 15 is 0 Å². The molecule has 0 aliphatic heterocycles. The third-order valence-electron chi connectivity index (χ3n) is 2.14. The second-order valence-corrected chi connectivity index (χ2v) is 4.29. The topological polar surface area (TPSA) is 69.0 Å². The van der Waals surface area contributed by atoms with E-state index in [1.165, 1.54) is 7.11 Å². The van der Waals surface area contributed by atoms with Crippen LogP contribution in [-0.2, 0) is 16.6 Å². The summed E-state index contributed by atoms with van der Waals surface area (Å²) in [6.07, 6.45) is 2.35. The standard InChI is InChI=1S/C9H16N4O2S/c1-10-7(8(14)15-3)4-5-16-9-12-11-6-13(9)2/h6-7,10H,4-5H2,1-3H3. The van der Waals surface area contributed by atoms with E-state index in [-0.39, 0.29) is 12.0 Å². The number of esters is 1. The Balaban J connectivity index is 2.34. The molecule has 7 heteroatoms. The molecule has 0 saturated carbocycles. The van der Waals surface area contributed by atoms with Crippen molar-refractivity contribution in [2.24, 2.45) is 7.05 Å². The van der Waals surface area contributed by atoms with Crippen molar-refractivity contribution in [2.75, 3.05) is 19.9 Å². The fraction of sp³-hybridized carbons (Fsp3) is 0.667. The van der Waals surface area contributed by atoms with E-state index in [9.17, 15) is 4.79 Å². The summed E-state index contributed by atoms with van der Waals surface area (Å²) in [4.78, 5) is 11.3. The van der Waals surface area contributed by atoms with Gasteiger partial charge in [-0.1, -0.05) is 11.8 Å². The molecule has 0 radical (unpaired) electrons. The summed E-state index contributed by atoms with van der Waals surface area (Å²) in [6.45, 7) is 0. The van der Waals surface area contributed by atoms with Crippen molar-refractivity contribution in [1.29, 1.82) is 0 Å². The molecule has 0 aliphatic carbocycles. The summed E-state index contributed by atoms with van der Waals surface area (Å²) in [6, 6.07) is -0.259. The number of methoxy groups -OCH3 is 1. The molecule has 1 N–H and O–H groups in total. The van der Waals surface area contributed by atoms with E-state index in [4.69, 9.17) is 0 Å². The number of thioether (sulfide) groups is 1. The van der Waals surface area contributed by atoms with Gasteiger partial charge in [0.05, 0.1) is 7.11 Å².